The van der Waals surface area contributed by atoms with Crippen LogP contribution in [-0.2, 0) is 0 Å². The molecule has 0 amide bonds. The molecule has 0 aliphatic carbocycles. The normalized spacial score (nSPS) is 10.1. The molecular formula is C11H13N5O3. The molecule has 0 saturated heterocycles. The number of methoxy groups -OCH3 is 2. The van der Waals surface area contributed by atoms with Crippen molar-refractivity contribution in [3.05, 3.63) is 28.7 Å². The Balaban J connectivity index is 2.52. The maximum absolute atomic E-state index is 11.4. The van der Waals surface area contributed by atoms with Crippen molar-refractivity contribution in [2.24, 2.45) is 5.84 Å². The smallest absolute Gasteiger partial charge is 0.349 e. The summed E-state index contributed by atoms with van der Waals surface area (Å²) in [5.74, 6) is 6.67. The van der Waals surface area contributed by atoms with Gasteiger partial charge in [0.05, 0.1) is 14.2 Å². The van der Waals surface area contributed by atoms with Crippen LogP contribution in [-0.4, -0.2) is 29.2 Å². The highest BCUT2D eigenvalue weighted by atomic mass is 16.5. The zero-order chi connectivity index (χ0) is 13.8. The quantitative estimate of drug-likeness (QED) is 0.530. The Kier molecular flexibility index (Phi) is 3.62. The van der Waals surface area contributed by atoms with Crippen molar-refractivity contribution in [3.63, 3.8) is 0 Å². The second-order valence-electron chi connectivity index (χ2n) is 3.54. The van der Waals surface area contributed by atoms with Gasteiger partial charge in [0.1, 0.15) is 5.82 Å². The number of benzene rings is 1. The van der Waals surface area contributed by atoms with E-state index in [-0.39, 0.29) is 5.95 Å². The molecule has 0 radical (unpaired) electrons. The molecule has 2 aromatic rings. The van der Waals surface area contributed by atoms with Crippen molar-refractivity contribution in [2.75, 3.05) is 19.6 Å². The van der Waals surface area contributed by atoms with Crippen molar-refractivity contribution in [3.8, 4) is 22.9 Å². The minimum absolute atomic E-state index is 0.0357. The lowest BCUT2D eigenvalue weighted by Gasteiger charge is -2.09. The Bertz CT molecular complexity index is 640. The summed E-state index contributed by atoms with van der Waals surface area (Å²) < 4.78 is 10.3. The summed E-state index contributed by atoms with van der Waals surface area (Å²) in [4.78, 5) is 21.5. The number of hydrogen-bond donors (Lipinski definition) is 3. The molecule has 0 unspecified atom stereocenters. The van der Waals surface area contributed by atoms with Gasteiger partial charge in [0, 0.05) is 5.56 Å². The molecule has 0 atom stereocenters. The van der Waals surface area contributed by atoms with E-state index in [0.717, 1.165) is 0 Å². The fraction of sp³-hybridized carbons (Fsp3) is 0.182. The Morgan fingerprint density at radius 3 is 2.58 bits per heavy atom. The Morgan fingerprint density at radius 2 is 1.95 bits per heavy atom. The molecule has 19 heavy (non-hydrogen) atoms. The van der Waals surface area contributed by atoms with Crippen molar-refractivity contribution in [1.29, 1.82) is 0 Å². The first-order chi connectivity index (χ1) is 9.17. The van der Waals surface area contributed by atoms with E-state index >= 15 is 0 Å². The topological polar surface area (TPSA) is 115 Å². The average molecular weight is 263 g/mol. The van der Waals surface area contributed by atoms with E-state index in [2.05, 4.69) is 20.4 Å². The second-order valence-corrected chi connectivity index (χ2v) is 3.54. The molecule has 0 aliphatic rings. The zero-order valence-corrected chi connectivity index (χ0v) is 10.4. The van der Waals surface area contributed by atoms with Crippen molar-refractivity contribution in [2.45, 2.75) is 0 Å². The summed E-state index contributed by atoms with van der Waals surface area (Å²) in [5, 5.41) is 0. The van der Waals surface area contributed by atoms with Crippen LogP contribution in [0.2, 0.25) is 0 Å². The van der Waals surface area contributed by atoms with Gasteiger partial charge in [-0.15, -0.1) is 0 Å². The van der Waals surface area contributed by atoms with Crippen LogP contribution in [0.4, 0.5) is 5.95 Å². The fourth-order valence-electron chi connectivity index (χ4n) is 1.57. The van der Waals surface area contributed by atoms with E-state index in [4.69, 9.17) is 15.3 Å². The fourth-order valence-corrected chi connectivity index (χ4v) is 1.57. The number of hydrogen-bond acceptors (Lipinski definition) is 7. The van der Waals surface area contributed by atoms with Crippen molar-refractivity contribution in [1.82, 2.24) is 15.0 Å². The first-order valence-electron chi connectivity index (χ1n) is 5.35. The first-order valence-corrected chi connectivity index (χ1v) is 5.35. The van der Waals surface area contributed by atoms with Gasteiger partial charge in [-0.3, -0.25) is 10.4 Å². The van der Waals surface area contributed by atoms with Gasteiger partial charge in [0.15, 0.2) is 11.5 Å². The number of ether oxygens (including phenoxy) is 2. The number of H-pyrrole nitrogens is 1. The Hall–Kier alpha value is -2.61. The number of nitrogen functional groups attached to an aromatic ring is 1. The molecule has 8 nitrogen and oxygen atoms in total. The van der Waals surface area contributed by atoms with Gasteiger partial charge in [0.25, 0.3) is 0 Å². The number of hydrazine groups is 1. The highest BCUT2D eigenvalue weighted by Gasteiger charge is 2.09. The maximum Gasteiger partial charge on any atom is 0.349 e. The monoisotopic (exact) mass is 263 g/mol. The molecule has 0 bridgehead atoms. The molecule has 2 rings (SSSR count). The van der Waals surface area contributed by atoms with E-state index < -0.39 is 5.69 Å². The van der Waals surface area contributed by atoms with Crippen molar-refractivity contribution < 1.29 is 9.47 Å². The summed E-state index contributed by atoms with van der Waals surface area (Å²) in [5.41, 5.74) is 2.33. The molecule has 100 valence electrons. The van der Waals surface area contributed by atoms with E-state index in [1.165, 1.54) is 7.11 Å². The van der Waals surface area contributed by atoms with Crippen LogP contribution < -0.4 is 26.4 Å². The lowest BCUT2D eigenvalue weighted by Crippen LogP contribution is -2.19. The number of aromatic nitrogens is 3. The maximum atomic E-state index is 11.4. The number of rotatable bonds is 4. The van der Waals surface area contributed by atoms with Crippen LogP contribution in [0.25, 0.3) is 11.4 Å². The van der Waals surface area contributed by atoms with Crippen LogP contribution in [0.5, 0.6) is 11.5 Å². The van der Waals surface area contributed by atoms with Crippen LogP contribution in [0, 0.1) is 0 Å². The van der Waals surface area contributed by atoms with Crippen molar-refractivity contribution >= 4 is 5.95 Å². The number of aromatic amines is 1. The SMILES string of the molecule is COc1ccc(-c2nc(NN)nc(=O)[nH]2)cc1OC. The number of anilines is 1. The first kappa shape index (κ1) is 12.8. The molecule has 0 saturated carbocycles. The van der Waals surface area contributed by atoms with Crippen LogP contribution in [0.3, 0.4) is 0 Å². The van der Waals surface area contributed by atoms with Gasteiger partial charge in [-0.2, -0.15) is 9.97 Å². The van der Waals surface area contributed by atoms with Crippen LogP contribution in [0.15, 0.2) is 23.0 Å². The average Bonchev–Trinajstić information content (AvgIpc) is 2.45. The third kappa shape index (κ3) is 2.63. The van der Waals surface area contributed by atoms with Crippen LogP contribution >= 0.6 is 0 Å². The van der Waals surface area contributed by atoms with E-state index in [1.807, 2.05) is 0 Å². The minimum atomic E-state index is -0.548. The molecule has 1 heterocycles. The summed E-state index contributed by atoms with van der Waals surface area (Å²) in [7, 11) is 3.07. The predicted molar refractivity (Wildman–Crippen MR) is 69.0 cm³/mol. The summed E-state index contributed by atoms with van der Waals surface area (Å²) in [6.45, 7) is 0. The Labute approximate surface area is 108 Å². The largest absolute Gasteiger partial charge is 0.493 e. The number of nitrogens with zero attached hydrogens (tertiary/aromatic N) is 2. The third-order valence-corrected chi connectivity index (χ3v) is 2.44. The van der Waals surface area contributed by atoms with Gasteiger partial charge in [0.2, 0.25) is 5.95 Å². The molecule has 1 aromatic carbocycles. The minimum Gasteiger partial charge on any atom is -0.493 e. The predicted octanol–water partition coefficient (Wildman–Crippen LogP) is 0.135. The van der Waals surface area contributed by atoms with E-state index in [1.54, 1.807) is 25.3 Å². The van der Waals surface area contributed by atoms with Gasteiger partial charge in [-0.25, -0.2) is 10.6 Å². The van der Waals surface area contributed by atoms with E-state index in [0.29, 0.717) is 22.9 Å². The standard InChI is InChI=1S/C11H13N5O3/c1-18-7-4-3-6(5-8(7)19-2)9-13-10(16-12)15-11(17)14-9/h3-5H,12H2,1-2H3,(H2,13,14,15,16,17). The highest BCUT2D eigenvalue weighted by molar-refractivity contribution is 5.61. The van der Waals surface area contributed by atoms with Crippen LogP contribution in [0.1, 0.15) is 0 Å². The lowest BCUT2D eigenvalue weighted by atomic mass is 10.2. The molecule has 8 heteroatoms. The van der Waals surface area contributed by atoms with Gasteiger partial charge < -0.3 is 9.47 Å². The second kappa shape index (κ2) is 5.36. The summed E-state index contributed by atoms with van der Waals surface area (Å²) in [6, 6.07) is 5.14. The molecule has 0 fully saturated rings. The Morgan fingerprint density at radius 1 is 1.21 bits per heavy atom. The van der Waals surface area contributed by atoms with E-state index in [9.17, 15) is 4.79 Å². The number of nitrogens with one attached hydrogen (secondary N) is 2. The molecule has 1 aromatic heterocycles. The molecule has 4 N–H and O–H groups in total. The number of nitrogens with two attached hydrogens (primary N) is 1. The summed E-state index contributed by atoms with van der Waals surface area (Å²) in [6.07, 6.45) is 0. The lowest BCUT2D eigenvalue weighted by molar-refractivity contribution is 0.355. The van der Waals surface area contributed by atoms with Gasteiger partial charge in [-0.1, -0.05) is 0 Å². The highest BCUT2D eigenvalue weighted by Crippen LogP contribution is 2.30. The zero-order valence-electron chi connectivity index (χ0n) is 10.4. The third-order valence-electron chi connectivity index (χ3n) is 2.44. The molecule has 0 spiro atoms. The molecule has 0 aliphatic heterocycles. The van der Waals surface area contributed by atoms with Gasteiger partial charge >= 0.3 is 5.69 Å². The molecular weight excluding hydrogens is 250 g/mol. The van der Waals surface area contributed by atoms with Gasteiger partial charge in [-0.05, 0) is 18.2 Å². The summed E-state index contributed by atoms with van der Waals surface area (Å²) >= 11 is 0.